The number of hydrogen-bond acceptors (Lipinski definition) is 3. The van der Waals surface area contributed by atoms with E-state index in [-0.39, 0.29) is 5.82 Å². The molecule has 0 aliphatic carbocycles. The van der Waals surface area contributed by atoms with E-state index in [4.69, 9.17) is 10.00 Å². The van der Waals surface area contributed by atoms with Crippen LogP contribution in [0, 0.1) is 17.1 Å². The zero-order chi connectivity index (χ0) is 15.1. The largest absolute Gasteiger partial charge is 0.494 e. The van der Waals surface area contributed by atoms with Gasteiger partial charge in [-0.1, -0.05) is 6.92 Å². The third kappa shape index (κ3) is 4.22. The molecule has 0 atom stereocenters. The first-order valence-corrected chi connectivity index (χ1v) is 6.88. The molecule has 0 aromatic heterocycles. The molecule has 0 spiro atoms. The Morgan fingerprint density at radius 1 is 1.19 bits per heavy atom. The molecular weight excluding hydrogens is 267 g/mol. The smallest absolute Gasteiger partial charge is 0.123 e. The van der Waals surface area contributed by atoms with Crippen LogP contribution in [0.3, 0.4) is 0 Å². The van der Waals surface area contributed by atoms with Crippen molar-refractivity contribution in [2.45, 2.75) is 19.9 Å². The number of nitriles is 1. The Kier molecular flexibility index (Phi) is 5.16. The molecule has 0 unspecified atom stereocenters. The molecule has 2 aromatic rings. The second-order valence-corrected chi connectivity index (χ2v) is 4.64. The standard InChI is InChI=1S/C17H17FN2O/c1-2-9-21-17-7-5-16(6-8-17)20-12-14-10-15(18)4-3-13(14)11-19/h3-8,10,20H,2,9,12H2,1H3. The van der Waals surface area contributed by atoms with Gasteiger partial charge in [-0.25, -0.2) is 4.39 Å². The molecule has 0 saturated carbocycles. The summed E-state index contributed by atoms with van der Waals surface area (Å²) >= 11 is 0. The molecule has 108 valence electrons. The lowest BCUT2D eigenvalue weighted by atomic mass is 10.1. The van der Waals surface area contributed by atoms with Crippen molar-refractivity contribution in [3.63, 3.8) is 0 Å². The number of rotatable bonds is 6. The zero-order valence-corrected chi connectivity index (χ0v) is 11.9. The van der Waals surface area contributed by atoms with E-state index in [0.717, 1.165) is 17.9 Å². The van der Waals surface area contributed by atoms with Gasteiger partial charge in [0.15, 0.2) is 0 Å². The Labute approximate surface area is 124 Å². The van der Waals surface area contributed by atoms with Gasteiger partial charge in [-0.3, -0.25) is 0 Å². The summed E-state index contributed by atoms with van der Waals surface area (Å²) in [7, 11) is 0. The molecular formula is C17H17FN2O. The average molecular weight is 284 g/mol. The van der Waals surface area contributed by atoms with E-state index in [0.29, 0.717) is 24.3 Å². The van der Waals surface area contributed by atoms with E-state index in [1.54, 1.807) is 0 Å². The van der Waals surface area contributed by atoms with Crippen molar-refractivity contribution in [1.82, 2.24) is 0 Å². The molecule has 3 nitrogen and oxygen atoms in total. The molecule has 0 fully saturated rings. The lowest BCUT2D eigenvalue weighted by Gasteiger charge is -2.09. The SMILES string of the molecule is CCCOc1ccc(NCc2cc(F)ccc2C#N)cc1. The molecule has 0 heterocycles. The van der Waals surface area contributed by atoms with Crippen molar-refractivity contribution < 1.29 is 9.13 Å². The molecule has 0 aliphatic heterocycles. The van der Waals surface area contributed by atoms with Crippen molar-refractivity contribution in [1.29, 1.82) is 5.26 Å². The Bertz CT molecular complexity index is 632. The third-order valence-corrected chi connectivity index (χ3v) is 3.00. The molecule has 0 aliphatic rings. The number of nitrogens with zero attached hydrogens (tertiary/aromatic N) is 1. The van der Waals surface area contributed by atoms with E-state index in [9.17, 15) is 4.39 Å². The van der Waals surface area contributed by atoms with Crippen LogP contribution in [-0.4, -0.2) is 6.61 Å². The van der Waals surface area contributed by atoms with Crippen LogP contribution in [0.15, 0.2) is 42.5 Å². The molecule has 0 bridgehead atoms. The van der Waals surface area contributed by atoms with Gasteiger partial charge in [0.05, 0.1) is 18.2 Å². The van der Waals surface area contributed by atoms with Crippen LogP contribution in [0.25, 0.3) is 0 Å². The summed E-state index contributed by atoms with van der Waals surface area (Å²) in [5.74, 6) is 0.486. The van der Waals surface area contributed by atoms with Gasteiger partial charge in [-0.2, -0.15) is 5.26 Å². The Morgan fingerprint density at radius 3 is 2.62 bits per heavy atom. The normalized spacial score (nSPS) is 9.95. The fourth-order valence-corrected chi connectivity index (χ4v) is 1.90. The first-order chi connectivity index (χ1) is 10.2. The molecule has 4 heteroatoms. The Hall–Kier alpha value is -2.54. The quantitative estimate of drug-likeness (QED) is 0.868. The van der Waals surface area contributed by atoms with E-state index in [1.165, 1.54) is 18.2 Å². The van der Waals surface area contributed by atoms with Crippen LogP contribution in [0.5, 0.6) is 5.75 Å². The monoisotopic (exact) mass is 284 g/mol. The minimum absolute atomic E-state index is 0.339. The molecule has 2 rings (SSSR count). The fraction of sp³-hybridized carbons (Fsp3) is 0.235. The Balaban J connectivity index is 2.00. The summed E-state index contributed by atoms with van der Waals surface area (Å²) in [6, 6.07) is 13.8. The van der Waals surface area contributed by atoms with Crippen molar-refractivity contribution in [3.8, 4) is 11.8 Å². The molecule has 2 aromatic carbocycles. The van der Waals surface area contributed by atoms with E-state index in [2.05, 4.69) is 18.3 Å². The minimum Gasteiger partial charge on any atom is -0.494 e. The maximum Gasteiger partial charge on any atom is 0.123 e. The van der Waals surface area contributed by atoms with Crippen LogP contribution in [-0.2, 0) is 6.54 Å². The summed E-state index contributed by atoms with van der Waals surface area (Å²) in [6.07, 6.45) is 0.969. The second-order valence-electron chi connectivity index (χ2n) is 4.64. The number of nitrogens with one attached hydrogen (secondary N) is 1. The number of hydrogen-bond donors (Lipinski definition) is 1. The van der Waals surface area contributed by atoms with Gasteiger partial charge < -0.3 is 10.1 Å². The van der Waals surface area contributed by atoms with E-state index < -0.39 is 0 Å². The molecule has 0 saturated heterocycles. The van der Waals surface area contributed by atoms with Crippen LogP contribution < -0.4 is 10.1 Å². The highest BCUT2D eigenvalue weighted by molar-refractivity contribution is 5.48. The second kappa shape index (κ2) is 7.30. The maximum atomic E-state index is 13.2. The lowest BCUT2D eigenvalue weighted by molar-refractivity contribution is 0.317. The average Bonchev–Trinajstić information content (AvgIpc) is 2.52. The predicted octanol–water partition coefficient (Wildman–Crippen LogP) is 4.10. The summed E-state index contributed by atoms with van der Waals surface area (Å²) in [6.45, 7) is 3.15. The number of anilines is 1. The van der Waals surface area contributed by atoms with Crippen molar-refractivity contribution in [2.75, 3.05) is 11.9 Å². The van der Waals surface area contributed by atoms with Gasteiger partial charge in [-0.05, 0) is 54.4 Å². The summed E-state index contributed by atoms with van der Waals surface area (Å²) in [5.41, 5.74) is 2.02. The van der Waals surface area contributed by atoms with E-state index >= 15 is 0 Å². The number of ether oxygens (including phenoxy) is 1. The highest BCUT2D eigenvalue weighted by Gasteiger charge is 2.04. The van der Waals surface area contributed by atoms with Crippen LogP contribution in [0.2, 0.25) is 0 Å². The summed E-state index contributed by atoms with van der Waals surface area (Å²) in [5, 5.41) is 12.2. The van der Waals surface area contributed by atoms with Crippen molar-refractivity contribution in [3.05, 3.63) is 59.4 Å². The highest BCUT2D eigenvalue weighted by Crippen LogP contribution is 2.18. The fourth-order valence-electron chi connectivity index (χ4n) is 1.90. The van der Waals surface area contributed by atoms with Gasteiger partial charge in [0.1, 0.15) is 11.6 Å². The highest BCUT2D eigenvalue weighted by atomic mass is 19.1. The first kappa shape index (κ1) is 14.9. The molecule has 0 amide bonds. The van der Waals surface area contributed by atoms with Gasteiger partial charge in [0.25, 0.3) is 0 Å². The predicted molar refractivity (Wildman–Crippen MR) is 80.7 cm³/mol. The minimum atomic E-state index is -0.339. The van der Waals surface area contributed by atoms with Crippen LogP contribution >= 0.6 is 0 Å². The topological polar surface area (TPSA) is 45.0 Å². The lowest BCUT2D eigenvalue weighted by Crippen LogP contribution is -2.02. The Morgan fingerprint density at radius 2 is 1.95 bits per heavy atom. The van der Waals surface area contributed by atoms with Crippen LogP contribution in [0.4, 0.5) is 10.1 Å². The molecule has 0 radical (unpaired) electrons. The molecule has 1 N–H and O–H groups in total. The summed E-state index contributed by atoms with van der Waals surface area (Å²) < 4.78 is 18.7. The maximum absolute atomic E-state index is 13.2. The van der Waals surface area contributed by atoms with Gasteiger partial charge in [0.2, 0.25) is 0 Å². The molecule has 21 heavy (non-hydrogen) atoms. The summed E-state index contributed by atoms with van der Waals surface area (Å²) in [4.78, 5) is 0. The number of halogens is 1. The number of benzene rings is 2. The van der Waals surface area contributed by atoms with Gasteiger partial charge >= 0.3 is 0 Å². The van der Waals surface area contributed by atoms with Gasteiger partial charge in [0, 0.05) is 12.2 Å². The van der Waals surface area contributed by atoms with Crippen molar-refractivity contribution >= 4 is 5.69 Å². The van der Waals surface area contributed by atoms with E-state index in [1.807, 2.05) is 24.3 Å². The van der Waals surface area contributed by atoms with Crippen molar-refractivity contribution in [2.24, 2.45) is 0 Å². The third-order valence-electron chi connectivity index (χ3n) is 3.00. The van der Waals surface area contributed by atoms with Crippen LogP contribution in [0.1, 0.15) is 24.5 Å². The zero-order valence-electron chi connectivity index (χ0n) is 11.9. The first-order valence-electron chi connectivity index (χ1n) is 6.88. The van der Waals surface area contributed by atoms with Gasteiger partial charge in [-0.15, -0.1) is 0 Å².